The van der Waals surface area contributed by atoms with E-state index in [0.29, 0.717) is 17.0 Å². The summed E-state index contributed by atoms with van der Waals surface area (Å²) in [6.45, 7) is 19.1. The van der Waals surface area contributed by atoms with Gasteiger partial charge in [-0.1, -0.05) is 116 Å². The molecular formula is C97H90N10O5. The van der Waals surface area contributed by atoms with Crippen LogP contribution in [0.25, 0.3) is 98.1 Å². The number of nitriles is 1. The zero-order chi connectivity index (χ0) is 79.3. The number of nitrogens with zero attached hydrogens (tertiary/aromatic N) is 10. The second-order valence-electron chi connectivity index (χ2n) is 26.6. The Balaban J connectivity index is 0.000000134. The first-order valence-electron chi connectivity index (χ1n) is 36.6. The van der Waals surface area contributed by atoms with Crippen molar-refractivity contribution in [3.63, 3.8) is 0 Å². The van der Waals surface area contributed by atoms with Gasteiger partial charge in [-0.3, -0.25) is 49.7 Å². The minimum Gasteiger partial charge on any atom is -0.497 e. The highest BCUT2D eigenvalue weighted by Crippen LogP contribution is 2.32. The molecule has 0 amide bonds. The van der Waals surface area contributed by atoms with E-state index >= 15 is 0 Å². The monoisotopic (exact) mass is 1470 g/mol. The SMILES string of the molecule is CC(C)c1ccc2ncccc2c1.COc1cc(OC)c2nccc(C)c2c1.COc1ccc2nccc(C)c2c1.COc1ccc2ncccc2c1.Cc1cc(C)c2nccc(C)c2c1.Cc1ccc2cccnc2c1.Cc1ccc2ncccc2c1.N#Cc1cnc2ccccc2c1.O=Cc1ccnc2ccccc12. The molecule has 0 bridgehead atoms. The molecule has 112 heavy (non-hydrogen) atoms. The second-order valence-corrected chi connectivity index (χ2v) is 26.6. The van der Waals surface area contributed by atoms with Crippen molar-refractivity contribution in [2.75, 3.05) is 28.4 Å². The van der Waals surface area contributed by atoms with Crippen LogP contribution in [0.3, 0.4) is 0 Å². The topological polar surface area (TPSA) is 194 Å². The third-order valence-electron chi connectivity index (χ3n) is 18.2. The smallest absolute Gasteiger partial charge is 0.150 e. The van der Waals surface area contributed by atoms with Gasteiger partial charge in [-0.25, -0.2) is 0 Å². The lowest BCUT2D eigenvalue weighted by Crippen LogP contribution is -1.91. The predicted octanol–water partition coefficient (Wildman–Crippen LogP) is 23.1. The lowest BCUT2D eigenvalue weighted by Gasteiger charge is -2.09. The van der Waals surface area contributed by atoms with Gasteiger partial charge in [-0.05, 0) is 233 Å². The molecule has 0 fully saturated rings. The van der Waals surface area contributed by atoms with Crippen molar-refractivity contribution in [1.82, 2.24) is 44.9 Å². The normalized spacial score (nSPS) is 10.3. The van der Waals surface area contributed by atoms with Gasteiger partial charge in [0.05, 0.1) is 78.1 Å². The Morgan fingerprint density at radius 2 is 0.786 bits per heavy atom. The molecule has 15 nitrogen and oxygen atoms in total. The molecule has 0 saturated carbocycles. The van der Waals surface area contributed by atoms with Crippen LogP contribution in [0.1, 0.15) is 80.2 Å². The van der Waals surface area contributed by atoms with Gasteiger partial charge in [0.25, 0.3) is 0 Å². The van der Waals surface area contributed by atoms with Crippen LogP contribution in [-0.4, -0.2) is 79.6 Å². The zero-order valence-electron chi connectivity index (χ0n) is 65.5. The summed E-state index contributed by atoms with van der Waals surface area (Å²) in [6, 6.07) is 82.0. The minimum absolute atomic E-state index is 0.588. The molecule has 0 unspecified atom stereocenters. The quantitative estimate of drug-likeness (QED) is 0.143. The maximum atomic E-state index is 10.6. The molecule has 18 aromatic rings. The lowest BCUT2D eigenvalue weighted by atomic mass is 10.0. The van der Waals surface area contributed by atoms with E-state index in [4.69, 9.17) is 24.2 Å². The van der Waals surface area contributed by atoms with Gasteiger partial charge < -0.3 is 18.9 Å². The summed E-state index contributed by atoms with van der Waals surface area (Å²) in [5.74, 6) is 3.87. The van der Waals surface area contributed by atoms with E-state index in [9.17, 15) is 4.79 Å². The van der Waals surface area contributed by atoms with Crippen LogP contribution in [-0.2, 0) is 0 Å². The van der Waals surface area contributed by atoms with Crippen molar-refractivity contribution in [2.24, 2.45) is 0 Å². The zero-order valence-corrected chi connectivity index (χ0v) is 65.5. The summed E-state index contributed by atoms with van der Waals surface area (Å²) in [6.07, 6.45) is 16.8. The molecule has 0 spiro atoms. The first kappa shape index (κ1) is 80.6. The summed E-state index contributed by atoms with van der Waals surface area (Å²) >= 11 is 0. The van der Waals surface area contributed by atoms with E-state index in [2.05, 4.69) is 191 Å². The fourth-order valence-corrected chi connectivity index (χ4v) is 12.1. The average molecular weight is 1480 g/mol. The van der Waals surface area contributed by atoms with Crippen molar-refractivity contribution < 1.29 is 23.7 Å². The molecule has 0 aliphatic heterocycles. The number of carbonyl (C=O) groups is 1. The van der Waals surface area contributed by atoms with Gasteiger partial charge in [-0.2, -0.15) is 5.26 Å². The van der Waals surface area contributed by atoms with E-state index in [1.54, 1.807) is 59.3 Å². The number of fused-ring (bicyclic) bond motifs is 9. The van der Waals surface area contributed by atoms with Crippen LogP contribution in [0.5, 0.6) is 23.0 Å². The number of hydrogen-bond donors (Lipinski definition) is 0. The van der Waals surface area contributed by atoms with Gasteiger partial charge in [0.1, 0.15) is 34.6 Å². The number of aromatic nitrogens is 9. The number of rotatable bonds is 6. The van der Waals surface area contributed by atoms with Crippen LogP contribution in [0, 0.1) is 59.8 Å². The molecule has 9 aromatic carbocycles. The number of hydrogen-bond acceptors (Lipinski definition) is 15. The number of aryl methyl sites for hydroxylation is 7. The Labute approximate surface area is 654 Å². The standard InChI is InChI=1S/C12H13NO2.2C12H13N.C11H11NO.C10H6N2.C10H9NO.C10H7NO.2C10H9N/c1-8-4-5-13-12-10(8)6-9(14-2)7-11(12)15-3;1-8-6-10(3)12-11(7-8)9(2)4-5-13-12;1-9(2)10-5-6-12-11(8-10)4-3-7-13-12;1-8-5-6-12-11-4-3-9(13-2)7-10(8)11;11-6-8-5-9-3-1-2-4-10(9)12-7-8;1-12-9-4-5-10-8(7-9)3-2-6-11-10;12-7-8-5-6-11-10-4-2-1-3-9(8)10;1-8-4-5-10-9(7-8)3-2-6-11-10;1-8-4-5-9-3-2-6-11-10(9)7-8/h4-7H,1-3H3;4-7H,1-3H3;3-9H,1-2H3;3-7H,1-2H3;1-5,7H;2-7H,1H3;1-7H;2*2-7H,1H3. The van der Waals surface area contributed by atoms with Gasteiger partial charge in [0, 0.05) is 116 Å². The van der Waals surface area contributed by atoms with Crippen LogP contribution >= 0.6 is 0 Å². The van der Waals surface area contributed by atoms with E-state index in [0.717, 1.165) is 111 Å². The molecule has 9 heterocycles. The summed E-state index contributed by atoms with van der Waals surface area (Å²) in [7, 11) is 6.62. The third kappa shape index (κ3) is 22.1. The van der Waals surface area contributed by atoms with E-state index in [1.165, 1.54) is 60.5 Å². The Kier molecular flexibility index (Phi) is 29.0. The largest absolute Gasteiger partial charge is 0.497 e. The van der Waals surface area contributed by atoms with E-state index in [-0.39, 0.29) is 0 Å². The van der Waals surface area contributed by atoms with Gasteiger partial charge in [0.15, 0.2) is 6.29 Å². The highest BCUT2D eigenvalue weighted by Gasteiger charge is 2.09. The van der Waals surface area contributed by atoms with Crippen LogP contribution in [0.15, 0.2) is 298 Å². The number of para-hydroxylation sites is 2. The molecule has 0 atom stereocenters. The number of pyridine rings is 9. The van der Waals surface area contributed by atoms with Crippen LogP contribution < -0.4 is 18.9 Å². The molecule has 0 aliphatic rings. The summed E-state index contributed by atoms with van der Waals surface area (Å²) in [5, 5.41) is 18.8. The molecule has 0 radical (unpaired) electrons. The van der Waals surface area contributed by atoms with Gasteiger partial charge in [-0.15, -0.1) is 0 Å². The number of ether oxygens (including phenoxy) is 4. The molecule has 0 N–H and O–H groups in total. The summed E-state index contributed by atoms with van der Waals surface area (Å²) < 4.78 is 20.7. The minimum atomic E-state index is 0.588. The van der Waals surface area contributed by atoms with Crippen molar-refractivity contribution in [3.05, 3.63) is 354 Å². The molecule has 18 rings (SSSR count). The number of aldehydes is 1. The van der Waals surface area contributed by atoms with Crippen LogP contribution in [0.2, 0.25) is 0 Å². The summed E-state index contributed by atoms with van der Waals surface area (Å²) in [4.78, 5) is 48.8. The predicted molar refractivity (Wildman–Crippen MR) is 459 cm³/mol. The maximum absolute atomic E-state index is 10.6. The highest BCUT2D eigenvalue weighted by molar-refractivity contribution is 5.96. The molecule has 558 valence electrons. The van der Waals surface area contributed by atoms with Gasteiger partial charge in [0.2, 0.25) is 0 Å². The molecule has 15 heteroatoms. The Bertz CT molecular complexity index is 6160. The van der Waals surface area contributed by atoms with E-state index < -0.39 is 0 Å². The average Bonchev–Trinajstić information content (AvgIpc) is 0.753. The molecule has 0 aliphatic carbocycles. The first-order chi connectivity index (χ1) is 54.5. The second kappa shape index (κ2) is 40.3. The Hall–Kier alpha value is -14.0. The van der Waals surface area contributed by atoms with Crippen molar-refractivity contribution in [3.8, 4) is 29.1 Å². The molecular weight excluding hydrogens is 1390 g/mol. The van der Waals surface area contributed by atoms with Gasteiger partial charge >= 0.3 is 0 Å². The third-order valence-corrected chi connectivity index (χ3v) is 18.2. The number of carbonyl (C=O) groups excluding carboxylic acids is 1. The van der Waals surface area contributed by atoms with Crippen molar-refractivity contribution in [2.45, 2.75) is 68.2 Å². The lowest BCUT2D eigenvalue weighted by molar-refractivity contribution is 0.112. The van der Waals surface area contributed by atoms with Crippen molar-refractivity contribution >= 4 is 104 Å². The number of benzene rings is 9. The molecule has 9 aromatic heterocycles. The van der Waals surface area contributed by atoms with E-state index in [1.807, 2.05) is 190 Å². The maximum Gasteiger partial charge on any atom is 0.150 e. The summed E-state index contributed by atoms with van der Waals surface area (Å²) in [5.41, 5.74) is 20.5. The Morgan fingerprint density at radius 1 is 0.321 bits per heavy atom. The Morgan fingerprint density at radius 3 is 1.42 bits per heavy atom. The fraction of sp³-hybridized carbons (Fsp3) is 0.144. The molecule has 0 saturated heterocycles. The fourth-order valence-electron chi connectivity index (χ4n) is 12.1. The van der Waals surface area contributed by atoms with Crippen LogP contribution in [0.4, 0.5) is 0 Å². The number of methoxy groups -OCH3 is 4. The highest BCUT2D eigenvalue weighted by atomic mass is 16.5. The first-order valence-corrected chi connectivity index (χ1v) is 36.6. The van der Waals surface area contributed by atoms with Crippen molar-refractivity contribution in [1.29, 1.82) is 5.26 Å².